The number of aryl methyl sites for hydroxylation is 1. The molecule has 0 aliphatic rings. The molecule has 0 radical (unpaired) electrons. The number of hydrogen-bond donors (Lipinski definition) is 1. The summed E-state index contributed by atoms with van der Waals surface area (Å²) in [5.74, 6) is -0.314. The van der Waals surface area contributed by atoms with E-state index < -0.39 is 0 Å². The Labute approximate surface area is 128 Å². The van der Waals surface area contributed by atoms with Gasteiger partial charge < -0.3 is 10.2 Å². The molecule has 0 heterocycles. The van der Waals surface area contributed by atoms with Crippen LogP contribution in [0.4, 0.5) is 5.69 Å². The van der Waals surface area contributed by atoms with Crippen molar-refractivity contribution in [1.29, 1.82) is 5.26 Å². The van der Waals surface area contributed by atoms with Crippen LogP contribution in [0.15, 0.2) is 53.7 Å². The minimum absolute atomic E-state index is 0.178. The molecule has 1 amide bonds. The molecule has 110 valence electrons. The van der Waals surface area contributed by atoms with Crippen LogP contribution in [0.25, 0.3) is 0 Å². The van der Waals surface area contributed by atoms with Crippen molar-refractivity contribution >= 4 is 17.8 Å². The number of anilines is 1. The third-order valence-corrected chi connectivity index (χ3v) is 2.85. The first-order chi connectivity index (χ1) is 10.7. The molecule has 2 aromatic carbocycles. The summed E-state index contributed by atoms with van der Waals surface area (Å²) in [6, 6.07) is 16.4. The lowest BCUT2D eigenvalue weighted by Gasteiger charge is -2.04. The first kappa shape index (κ1) is 15.3. The van der Waals surface area contributed by atoms with Crippen LogP contribution in [0.2, 0.25) is 0 Å². The van der Waals surface area contributed by atoms with E-state index in [1.807, 2.05) is 37.3 Å². The summed E-state index contributed by atoms with van der Waals surface area (Å²) in [4.78, 5) is 16.6. The minimum Gasteiger partial charge on any atom is -0.386 e. The number of amides is 1. The van der Waals surface area contributed by atoms with Crippen LogP contribution in [0.5, 0.6) is 0 Å². The average molecular weight is 293 g/mol. The second kappa shape index (κ2) is 7.60. The summed E-state index contributed by atoms with van der Waals surface area (Å²) in [5, 5.41) is 15.1. The van der Waals surface area contributed by atoms with Crippen LogP contribution in [0.3, 0.4) is 0 Å². The van der Waals surface area contributed by atoms with E-state index in [4.69, 9.17) is 10.1 Å². The van der Waals surface area contributed by atoms with E-state index in [9.17, 15) is 4.79 Å². The Morgan fingerprint density at radius 3 is 2.55 bits per heavy atom. The molecule has 0 aliphatic heterocycles. The van der Waals surface area contributed by atoms with Gasteiger partial charge in [-0.15, -0.1) is 0 Å². The third kappa shape index (κ3) is 4.76. The number of nitrogens with one attached hydrogen (secondary N) is 1. The maximum atomic E-state index is 11.6. The molecule has 22 heavy (non-hydrogen) atoms. The molecule has 0 saturated heterocycles. The number of hydrogen-bond acceptors (Lipinski definition) is 4. The lowest BCUT2D eigenvalue weighted by molar-refractivity contribution is -0.120. The molecule has 0 unspecified atom stereocenters. The number of oxime groups is 1. The van der Waals surface area contributed by atoms with Crippen LogP contribution in [0.1, 0.15) is 16.7 Å². The number of benzene rings is 2. The van der Waals surface area contributed by atoms with Gasteiger partial charge in [-0.05, 0) is 36.8 Å². The van der Waals surface area contributed by atoms with Gasteiger partial charge in [0.1, 0.15) is 0 Å². The fraction of sp³-hybridized carbons (Fsp3) is 0.118. The molecule has 2 rings (SSSR count). The summed E-state index contributed by atoms with van der Waals surface area (Å²) in [5.41, 5.74) is 3.21. The number of nitriles is 1. The van der Waals surface area contributed by atoms with Gasteiger partial charge in [0.05, 0.1) is 17.8 Å². The second-order valence-electron chi connectivity index (χ2n) is 4.66. The van der Waals surface area contributed by atoms with Crippen LogP contribution < -0.4 is 5.32 Å². The number of carbonyl (C=O) groups excluding carboxylic acids is 1. The lowest BCUT2D eigenvalue weighted by Crippen LogP contribution is -2.16. The maximum Gasteiger partial charge on any atom is 0.265 e. The van der Waals surface area contributed by atoms with E-state index in [0.717, 1.165) is 5.56 Å². The van der Waals surface area contributed by atoms with Crippen molar-refractivity contribution in [3.05, 3.63) is 65.2 Å². The van der Waals surface area contributed by atoms with E-state index in [2.05, 4.69) is 10.5 Å². The van der Waals surface area contributed by atoms with Crippen molar-refractivity contribution in [3.8, 4) is 6.07 Å². The van der Waals surface area contributed by atoms with Gasteiger partial charge in [0, 0.05) is 5.69 Å². The van der Waals surface area contributed by atoms with Crippen molar-refractivity contribution in [2.45, 2.75) is 6.92 Å². The highest BCUT2D eigenvalue weighted by Crippen LogP contribution is 2.08. The molecule has 1 N–H and O–H groups in total. The molecule has 2 aromatic rings. The zero-order valence-electron chi connectivity index (χ0n) is 12.1. The number of nitrogens with zero attached hydrogens (tertiary/aromatic N) is 2. The van der Waals surface area contributed by atoms with Gasteiger partial charge in [-0.1, -0.05) is 35.0 Å². The highest BCUT2D eigenvalue weighted by molar-refractivity contribution is 5.91. The molecule has 0 fully saturated rings. The van der Waals surface area contributed by atoms with Crippen molar-refractivity contribution in [1.82, 2.24) is 0 Å². The summed E-state index contributed by atoms with van der Waals surface area (Å²) in [7, 11) is 0. The predicted molar refractivity (Wildman–Crippen MR) is 84.5 cm³/mol. The first-order valence-electron chi connectivity index (χ1n) is 6.69. The quantitative estimate of drug-likeness (QED) is 0.680. The van der Waals surface area contributed by atoms with E-state index in [1.54, 1.807) is 30.5 Å². The Balaban J connectivity index is 1.77. The highest BCUT2D eigenvalue weighted by Gasteiger charge is 2.02. The molecule has 0 atom stereocenters. The first-order valence-corrected chi connectivity index (χ1v) is 6.69. The van der Waals surface area contributed by atoms with E-state index in [-0.39, 0.29) is 12.5 Å². The predicted octanol–water partition coefficient (Wildman–Crippen LogP) is 2.86. The number of carbonyl (C=O) groups is 1. The van der Waals surface area contributed by atoms with Gasteiger partial charge >= 0.3 is 0 Å². The highest BCUT2D eigenvalue weighted by atomic mass is 16.6. The Morgan fingerprint density at radius 1 is 1.23 bits per heavy atom. The molecule has 5 nitrogen and oxygen atoms in total. The zero-order chi connectivity index (χ0) is 15.8. The smallest absolute Gasteiger partial charge is 0.265 e. The average Bonchev–Trinajstić information content (AvgIpc) is 2.54. The van der Waals surface area contributed by atoms with E-state index in [0.29, 0.717) is 11.3 Å². The van der Waals surface area contributed by atoms with Crippen molar-refractivity contribution in [2.24, 2.45) is 5.16 Å². The van der Waals surface area contributed by atoms with Gasteiger partial charge in [0.15, 0.2) is 6.61 Å². The summed E-state index contributed by atoms with van der Waals surface area (Å²) in [6.45, 7) is 1.83. The molecule has 0 bridgehead atoms. The standard InChI is InChI=1S/C17H15N3O2/c1-13-2-4-15(5-3-13)11-19-22-12-17(21)20-16-8-6-14(10-18)7-9-16/h2-9,11H,12H2,1H3,(H,20,21)/b19-11-. The van der Waals surface area contributed by atoms with E-state index in [1.165, 1.54) is 5.56 Å². The fourth-order valence-corrected chi connectivity index (χ4v) is 1.67. The molecule has 0 aromatic heterocycles. The maximum absolute atomic E-state index is 11.6. The van der Waals surface area contributed by atoms with Crippen molar-refractivity contribution in [3.63, 3.8) is 0 Å². The van der Waals surface area contributed by atoms with Crippen LogP contribution in [-0.2, 0) is 9.63 Å². The Hall–Kier alpha value is -3.13. The van der Waals surface area contributed by atoms with Crippen LogP contribution >= 0.6 is 0 Å². The van der Waals surface area contributed by atoms with Gasteiger partial charge in [-0.25, -0.2) is 0 Å². The van der Waals surface area contributed by atoms with Crippen LogP contribution in [-0.4, -0.2) is 18.7 Å². The Bertz CT molecular complexity index is 698. The topological polar surface area (TPSA) is 74.5 Å². The molecule has 0 spiro atoms. The van der Waals surface area contributed by atoms with Crippen molar-refractivity contribution < 1.29 is 9.63 Å². The monoisotopic (exact) mass is 293 g/mol. The van der Waals surface area contributed by atoms with Gasteiger partial charge in [-0.2, -0.15) is 5.26 Å². The number of rotatable bonds is 5. The van der Waals surface area contributed by atoms with Crippen molar-refractivity contribution in [2.75, 3.05) is 11.9 Å². The molecular weight excluding hydrogens is 278 g/mol. The van der Waals surface area contributed by atoms with E-state index >= 15 is 0 Å². The summed E-state index contributed by atoms with van der Waals surface area (Å²) in [6.07, 6.45) is 1.55. The van der Waals surface area contributed by atoms with Gasteiger partial charge in [0.25, 0.3) is 5.91 Å². The normalized spacial score (nSPS) is 10.2. The van der Waals surface area contributed by atoms with Crippen LogP contribution in [0, 0.1) is 18.3 Å². The SMILES string of the molecule is Cc1ccc(/C=N\OCC(=O)Nc2ccc(C#N)cc2)cc1. The Morgan fingerprint density at radius 2 is 1.91 bits per heavy atom. The van der Waals surface area contributed by atoms with Gasteiger partial charge in [-0.3, -0.25) is 4.79 Å². The summed E-state index contributed by atoms with van der Waals surface area (Å²) < 4.78 is 0. The minimum atomic E-state index is -0.314. The molecular formula is C17H15N3O2. The fourth-order valence-electron chi connectivity index (χ4n) is 1.67. The zero-order valence-corrected chi connectivity index (χ0v) is 12.1. The molecule has 0 saturated carbocycles. The molecule has 0 aliphatic carbocycles. The molecule has 5 heteroatoms. The lowest BCUT2D eigenvalue weighted by atomic mass is 10.2. The summed E-state index contributed by atoms with van der Waals surface area (Å²) >= 11 is 0. The second-order valence-corrected chi connectivity index (χ2v) is 4.66. The largest absolute Gasteiger partial charge is 0.386 e. The Kier molecular flexibility index (Phi) is 5.27. The third-order valence-electron chi connectivity index (χ3n) is 2.85. The van der Waals surface area contributed by atoms with Gasteiger partial charge in [0.2, 0.25) is 0 Å².